The average Bonchev–Trinajstić information content (AvgIpc) is 2.37. The third-order valence-electron chi connectivity index (χ3n) is 1.53. The molecule has 1 aliphatic heterocycles. The van der Waals surface area contributed by atoms with Gasteiger partial charge in [0.1, 0.15) is 0 Å². The second kappa shape index (κ2) is 4.18. The van der Waals surface area contributed by atoms with Gasteiger partial charge in [0.25, 0.3) is 0 Å². The summed E-state index contributed by atoms with van der Waals surface area (Å²) in [5, 5.41) is 14.8. The monoisotopic (exact) mass is 157 g/mol. The van der Waals surface area contributed by atoms with Crippen molar-refractivity contribution in [2.45, 2.75) is 19.4 Å². The molecule has 0 aromatic rings. The maximum absolute atomic E-state index is 8.49. The van der Waals surface area contributed by atoms with Crippen molar-refractivity contribution in [3.8, 4) is 0 Å². The van der Waals surface area contributed by atoms with Gasteiger partial charge in [-0.1, -0.05) is 0 Å². The Morgan fingerprint density at radius 3 is 3.18 bits per heavy atom. The van der Waals surface area contributed by atoms with Crippen LogP contribution in [0.25, 0.3) is 0 Å². The highest BCUT2D eigenvalue weighted by atomic mass is 16.3. The molecule has 0 fully saturated rings. The molecule has 3 N–H and O–H groups in total. The van der Waals surface area contributed by atoms with E-state index in [0.29, 0.717) is 6.04 Å². The number of guanidine groups is 1. The second-order valence-corrected chi connectivity index (χ2v) is 2.74. The Balaban J connectivity index is 2.08. The summed E-state index contributed by atoms with van der Waals surface area (Å²) in [5.41, 5.74) is 0. The molecule has 64 valence electrons. The summed E-state index contributed by atoms with van der Waals surface area (Å²) in [5.74, 6) is 0.867. The van der Waals surface area contributed by atoms with Crippen LogP contribution in [0.5, 0.6) is 0 Å². The molecule has 0 saturated carbocycles. The summed E-state index contributed by atoms with van der Waals surface area (Å²) in [6, 6.07) is 0.451. The smallest absolute Gasteiger partial charge is 0.191 e. The topological polar surface area (TPSA) is 56.7 Å². The molecule has 1 rings (SSSR count). The van der Waals surface area contributed by atoms with E-state index in [9.17, 15) is 0 Å². The number of aliphatic hydroxyl groups excluding tert-OH is 1. The van der Waals surface area contributed by atoms with Gasteiger partial charge >= 0.3 is 0 Å². The number of rotatable bonds is 3. The predicted octanol–water partition coefficient (Wildman–Crippen LogP) is -0.694. The summed E-state index contributed by atoms with van der Waals surface area (Å²) in [6.07, 6.45) is 0.773. The molecule has 1 aliphatic rings. The van der Waals surface area contributed by atoms with Crippen LogP contribution in [0.15, 0.2) is 4.99 Å². The zero-order chi connectivity index (χ0) is 8.10. The molecule has 1 heterocycles. The zero-order valence-corrected chi connectivity index (χ0v) is 6.80. The van der Waals surface area contributed by atoms with Gasteiger partial charge in [-0.05, 0) is 13.3 Å². The van der Waals surface area contributed by atoms with Crippen LogP contribution in [0, 0.1) is 0 Å². The van der Waals surface area contributed by atoms with Crippen LogP contribution in [0.3, 0.4) is 0 Å². The van der Waals surface area contributed by atoms with Crippen molar-refractivity contribution in [2.24, 2.45) is 4.99 Å². The van der Waals surface area contributed by atoms with Crippen molar-refractivity contribution < 1.29 is 5.11 Å². The van der Waals surface area contributed by atoms with Crippen molar-refractivity contribution in [3.05, 3.63) is 0 Å². The highest BCUT2D eigenvalue weighted by Crippen LogP contribution is 1.91. The Bertz CT molecular complexity index is 147. The summed E-state index contributed by atoms with van der Waals surface area (Å²) in [6.45, 7) is 3.95. The van der Waals surface area contributed by atoms with E-state index in [0.717, 1.165) is 25.5 Å². The van der Waals surface area contributed by atoms with Crippen LogP contribution < -0.4 is 10.6 Å². The highest BCUT2D eigenvalue weighted by Gasteiger charge is 2.10. The fourth-order valence-electron chi connectivity index (χ4n) is 0.946. The lowest BCUT2D eigenvalue weighted by Crippen LogP contribution is -2.38. The van der Waals surface area contributed by atoms with Crippen LogP contribution >= 0.6 is 0 Å². The molecule has 1 unspecified atom stereocenters. The van der Waals surface area contributed by atoms with Gasteiger partial charge in [0.2, 0.25) is 0 Å². The number of hydrogen-bond donors (Lipinski definition) is 3. The summed E-state index contributed by atoms with van der Waals surface area (Å²) >= 11 is 0. The van der Waals surface area contributed by atoms with Crippen molar-refractivity contribution in [1.29, 1.82) is 0 Å². The number of nitrogens with one attached hydrogen (secondary N) is 2. The maximum atomic E-state index is 8.49. The average molecular weight is 157 g/mol. The lowest BCUT2D eigenvalue weighted by atomic mass is 10.4. The van der Waals surface area contributed by atoms with Gasteiger partial charge in [-0.15, -0.1) is 0 Å². The Morgan fingerprint density at radius 2 is 2.64 bits per heavy atom. The molecule has 0 aromatic carbocycles. The number of aliphatic hydroxyl groups is 1. The van der Waals surface area contributed by atoms with Crippen molar-refractivity contribution in [2.75, 3.05) is 19.7 Å². The van der Waals surface area contributed by atoms with E-state index in [1.165, 1.54) is 0 Å². The number of nitrogens with zero attached hydrogens (tertiary/aromatic N) is 1. The van der Waals surface area contributed by atoms with Crippen molar-refractivity contribution in [3.63, 3.8) is 0 Å². The molecule has 0 spiro atoms. The standard InChI is InChI=1S/C7H15N3O/c1-6-5-9-7(10-6)8-3-2-4-11/h6,11H,2-5H2,1H3,(H2,8,9,10). The van der Waals surface area contributed by atoms with Gasteiger partial charge < -0.3 is 15.7 Å². The van der Waals surface area contributed by atoms with E-state index in [1.54, 1.807) is 0 Å². The van der Waals surface area contributed by atoms with Crippen LogP contribution in [0.2, 0.25) is 0 Å². The Morgan fingerprint density at radius 1 is 1.82 bits per heavy atom. The van der Waals surface area contributed by atoms with Crippen LogP contribution in [0.4, 0.5) is 0 Å². The SMILES string of the molecule is CC1CN=C(NCCCO)N1. The molecule has 0 aliphatic carbocycles. The van der Waals surface area contributed by atoms with Crippen LogP contribution in [-0.2, 0) is 0 Å². The third kappa shape index (κ3) is 2.76. The second-order valence-electron chi connectivity index (χ2n) is 2.74. The van der Waals surface area contributed by atoms with E-state index in [-0.39, 0.29) is 6.61 Å². The molecular weight excluding hydrogens is 142 g/mol. The molecule has 0 saturated heterocycles. The first-order valence-electron chi connectivity index (χ1n) is 3.98. The van der Waals surface area contributed by atoms with E-state index < -0.39 is 0 Å². The fourth-order valence-corrected chi connectivity index (χ4v) is 0.946. The quantitative estimate of drug-likeness (QED) is 0.475. The Hall–Kier alpha value is -0.770. The zero-order valence-electron chi connectivity index (χ0n) is 6.80. The molecule has 0 bridgehead atoms. The highest BCUT2D eigenvalue weighted by molar-refractivity contribution is 5.81. The first-order chi connectivity index (χ1) is 5.33. The normalized spacial score (nSPS) is 22.7. The lowest BCUT2D eigenvalue weighted by Gasteiger charge is -2.07. The van der Waals surface area contributed by atoms with Crippen LogP contribution in [0.1, 0.15) is 13.3 Å². The van der Waals surface area contributed by atoms with Gasteiger partial charge in [0.05, 0.1) is 6.54 Å². The van der Waals surface area contributed by atoms with Gasteiger partial charge in [-0.2, -0.15) is 0 Å². The molecule has 4 heteroatoms. The lowest BCUT2D eigenvalue weighted by molar-refractivity contribution is 0.289. The minimum Gasteiger partial charge on any atom is -0.396 e. The first kappa shape index (κ1) is 8.33. The molecule has 11 heavy (non-hydrogen) atoms. The van der Waals surface area contributed by atoms with Gasteiger partial charge in [0, 0.05) is 19.2 Å². The minimum atomic E-state index is 0.232. The molecule has 0 amide bonds. The number of aliphatic imine (C=N–C) groups is 1. The van der Waals surface area contributed by atoms with Crippen molar-refractivity contribution >= 4 is 5.96 Å². The van der Waals surface area contributed by atoms with E-state index in [1.807, 2.05) is 0 Å². The Labute approximate surface area is 66.7 Å². The first-order valence-corrected chi connectivity index (χ1v) is 3.98. The number of hydrogen-bond acceptors (Lipinski definition) is 4. The summed E-state index contributed by atoms with van der Waals surface area (Å²) in [7, 11) is 0. The summed E-state index contributed by atoms with van der Waals surface area (Å²) < 4.78 is 0. The summed E-state index contributed by atoms with van der Waals surface area (Å²) in [4.78, 5) is 4.20. The fraction of sp³-hybridized carbons (Fsp3) is 0.857. The minimum absolute atomic E-state index is 0.232. The maximum Gasteiger partial charge on any atom is 0.191 e. The van der Waals surface area contributed by atoms with E-state index in [2.05, 4.69) is 22.5 Å². The molecule has 0 aromatic heterocycles. The molecule has 0 radical (unpaired) electrons. The van der Waals surface area contributed by atoms with Gasteiger partial charge in [0.15, 0.2) is 5.96 Å². The molecular formula is C7H15N3O. The van der Waals surface area contributed by atoms with Crippen molar-refractivity contribution in [1.82, 2.24) is 10.6 Å². The largest absolute Gasteiger partial charge is 0.396 e. The van der Waals surface area contributed by atoms with Gasteiger partial charge in [-0.3, -0.25) is 4.99 Å². The molecule has 1 atom stereocenters. The van der Waals surface area contributed by atoms with Crippen LogP contribution in [-0.4, -0.2) is 36.8 Å². The van der Waals surface area contributed by atoms with E-state index >= 15 is 0 Å². The molecule has 4 nitrogen and oxygen atoms in total. The van der Waals surface area contributed by atoms with E-state index in [4.69, 9.17) is 5.11 Å². The third-order valence-corrected chi connectivity index (χ3v) is 1.53. The van der Waals surface area contributed by atoms with Gasteiger partial charge in [-0.25, -0.2) is 0 Å². The predicted molar refractivity (Wildman–Crippen MR) is 44.6 cm³/mol. The Kier molecular flexibility index (Phi) is 3.16.